The fourth-order valence-corrected chi connectivity index (χ4v) is 1.80. The number of benzene rings is 1. The maximum absolute atomic E-state index is 5.70. The molecule has 1 nitrogen and oxygen atoms in total. The molecule has 0 heterocycles. The van der Waals surface area contributed by atoms with Crippen molar-refractivity contribution in [1.29, 1.82) is 0 Å². The zero-order valence-electron chi connectivity index (χ0n) is 7.72. The van der Waals surface area contributed by atoms with Crippen LogP contribution in [-0.4, -0.2) is 6.10 Å². The quantitative estimate of drug-likeness (QED) is 0.786. The lowest BCUT2D eigenvalue weighted by Gasteiger charge is -2.07. The molecular weight excluding hydrogens is 228 g/mol. The van der Waals surface area contributed by atoms with E-state index in [1.165, 1.54) is 22.9 Å². The summed E-state index contributed by atoms with van der Waals surface area (Å²) >= 11 is 3.52. The lowest BCUT2D eigenvalue weighted by Crippen LogP contribution is -1.96. The van der Waals surface area contributed by atoms with Crippen molar-refractivity contribution in [2.24, 2.45) is 0 Å². The largest absolute Gasteiger partial charge is 0.490 e. The van der Waals surface area contributed by atoms with E-state index in [4.69, 9.17) is 4.74 Å². The van der Waals surface area contributed by atoms with E-state index in [9.17, 15) is 0 Å². The van der Waals surface area contributed by atoms with Crippen LogP contribution in [0.15, 0.2) is 22.7 Å². The fourth-order valence-electron chi connectivity index (χ4n) is 1.27. The summed E-state index contributed by atoms with van der Waals surface area (Å²) in [6.45, 7) is 2.15. The molecule has 0 atom stereocenters. The van der Waals surface area contributed by atoms with Gasteiger partial charge in [-0.1, -0.05) is 22.9 Å². The van der Waals surface area contributed by atoms with Crippen LogP contribution in [0.25, 0.3) is 0 Å². The van der Waals surface area contributed by atoms with Crippen molar-refractivity contribution in [3.63, 3.8) is 0 Å². The molecule has 1 fully saturated rings. The predicted molar refractivity (Wildman–Crippen MR) is 57.2 cm³/mol. The van der Waals surface area contributed by atoms with Crippen molar-refractivity contribution in [2.75, 3.05) is 0 Å². The van der Waals surface area contributed by atoms with Crippen molar-refractivity contribution in [2.45, 2.75) is 32.3 Å². The monoisotopic (exact) mass is 240 g/mol. The molecule has 0 aromatic heterocycles. The van der Waals surface area contributed by atoms with Gasteiger partial charge in [0.2, 0.25) is 0 Å². The molecule has 1 aromatic rings. The third kappa shape index (κ3) is 2.25. The molecule has 13 heavy (non-hydrogen) atoms. The predicted octanol–water partition coefficient (Wildman–Crippen LogP) is 3.55. The van der Waals surface area contributed by atoms with Crippen LogP contribution in [0.2, 0.25) is 0 Å². The topological polar surface area (TPSA) is 9.23 Å². The Morgan fingerprint density at radius 2 is 2.23 bits per heavy atom. The third-order valence-corrected chi connectivity index (χ3v) is 3.00. The van der Waals surface area contributed by atoms with Crippen LogP contribution in [-0.2, 0) is 6.42 Å². The molecule has 1 aromatic carbocycles. The smallest absolute Gasteiger partial charge is 0.120 e. The highest BCUT2D eigenvalue weighted by Crippen LogP contribution is 2.29. The highest BCUT2D eigenvalue weighted by atomic mass is 79.9. The summed E-state index contributed by atoms with van der Waals surface area (Å²) in [4.78, 5) is 0. The molecular formula is C11H13BrO. The lowest BCUT2D eigenvalue weighted by molar-refractivity contribution is 0.303. The number of hydrogen-bond donors (Lipinski definition) is 0. The van der Waals surface area contributed by atoms with Gasteiger partial charge < -0.3 is 4.74 Å². The Bertz CT molecular complexity index is 305. The van der Waals surface area contributed by atoms with E-state index in [2.05, 4.69) is 35.0 Å². The molecule has 1 aliphatic carbocycles. The molecule has 2 heteroatoms. The third-order valence-electron chi connectivity index (χ3n) is 2.23. The second-order valence-electron chi connectivity index (χ2n) is 3.42. The summed E-state index contributed by atoms with van der Waals surface area (Å²) in [6.07, 6.45) is 3.98. The van der Waals surface area contributed by atoms with Crippen LogP contribution < -0.4 is 4.74 Å². The number of halogens is 1. The van der Waals surface area contributed by atoms with Gasteiger partial charge in [-0.3, -0.25) is 0 Å². The molecule has 0 bridgehead atoms. The first kappa shape index (κ1) is 9.07. The Labute approximate surface area is 87.2 Å². The van der Waals surface area contributed by atoms with Crippen LogP contribution in [0.4, 0.5) is 0 Å². The van der Waals surface area contributed by atoms with Crippen LogP contribution in [0.1, 0.15) is 25.3 Å². The average molecular weight is 241 g/mol. The van der Waals surface area contributed by atoms with Gasteiger partial charge in [-0.25, -0.2) is 0 Å². The molecule has 1 saturated carbocycles. The average Bonchev–Trinajstić information content (AvgIpc) is 2.92. The number of rotatable bonds is 3. The van der Waals surface area contributed by atoms with Gasteiger partial charge >= 0.3 is 0 Å². The van der Waals surface area contributed by atoms with Gasteiger partial charge in [0.25, 0.3) is 0 Å². The summed E-state index contributed by atoms with van der Waals surface area (Å²) in [5.41, 5.74) is 1.32. The van der Waals surface area contributed by atoms with E-state index in [1.807, 2.05) is 6.07 Å². The molecule has 0 saturated heterocycles. The highest BCUT2D eigenvalue weighted by Gasteiger charge is 2.23. The molecule has 0 radical (unpaired) electrons. The van der Waals surface area contributed by atoms with Crippen LogP contribution in [0.3, 0.4) is 0 Å². The van der Waals surface area contributed by atoms with E-state index >= 15 is 0 Å². The fraction of sp³-hybridized carbons (Fsp3) is 0.455. The molecule has 70 valence electrons. The van der Waals surface area contributed by atoms with Gasteiger partial charge in [0.15, 0.2) is 0 Å². The minimum atomic E-state index is 0.492. The number of ether oxygens (including phenoxy) is 1. The van der Waals surface area contributed by atoms with Crippen molar-refractivity contribution in [3.8, 4) is 5.75 Å². The second kappa shape index (κ2) is 3.70. The Morgan fingerprint density at radius 3 is 2.85 bits per heavy atom. The summed E-state index contributed by atoms with van der Waals surface area (Å²) in [5.74, 6) is 1.02. The van der Waals surface area contributed by atoms with Gasteiger partial charge in [0.05, 0.1) is 6.10 Å². The van der Waals surface area contributed by atoms with Crippen molar-refractivity contribution in [1.82, 2.24) is 0 Å². The van der Waals surface area contributed by atoms with E-state index < -0.39 is 0 Å². The Kier molecular flexibility index (Phi) is 2.58. The minimum absolute atomic E-state index is 0.492. The maximum Gasteiger partial charge on any atom is 0.120 e. The summed E-state index contributed by atoms with van der Waals surface area (Å²) in [5, 5.41) is 0. The minimum Gasteiger partial charge on any atom is -0.490 e. The summed E-state index contributed by atoms with van der Waals surface area (Å²) in [7, 11) is 0. The van der Waals surface area contributed by atoms with Gasteiger partial charge in [0, 0.05) is 4.47 Å². The molecule has 0 N–H and O–H groups in total. The SMILES string of the molecule is CCc1cc(OC2CC2)ccc1Br. The molecule has 0 aliphatic heterocycles. The lowest BCUT2D eigenvalue weighted by atomic mass is 10.2. The first-order chi connectivity index (χ1) is 6.29. The van der Waals surface area contributed by atoms with E-state index in [1.54, 1.807) is 0 Å². The Morgan fingerprint density at radius 1 is 1.46 bits per heavy atom. The zero-order chi connectivity index (χ0) is 9.26. The van der Waals surface area contributed by atoms with Crippen molar-refractivity contribution < 1.29 is 4.74 Å². The standard InChI is InChI=1S/C11H13BrO/c1-2-8-7-10(5-6-11(8)12)13-9-3-4-9/h5-7,9H,2-4H2,1H3. The molecule has 2 rings (SSSR count). The first-order valence-corrected chi connectivity index (χ1v) is 5.54. The van der Waals surface area contributed by atoms with Crippen molar-refractivity contribution >= 4 is 15.9 Å². The number of hydrogen-bond acceptors (Lipinski definition) is 1. The first-order valence-electron chi connectivity index (χ1n) is 4.74. The van der Waals surface area contributed by atoms with Gasteiger partial charge in [-0.2, -0.15) is 0 Å². The van der Waals surface area contributed by atoms with Crippen LogP contribution in [0.5, 0.6) is 5.75 Å². The van der Waals surface area contributed by atoms with Gasteiger partial charge in [0.1, 0.15) is 5.75 Å². The number of aryl methyl sites for hydroxylation is 1. The summed E-state index contributed by atoms with van der Waals surface area (Å²) in [6, 6.07) is 6.22. The van der Waals surface area contributed by atoms with E-state index in [-0.39, 0.29) is 0 Å². The van der Waals surface area contributed by atoms with Crippen molar-refractivity contribution in [3.05, 3.63) is 28.2 Å². The Balaban J connectivity index is 2.16. The molecule has 0 amide bonds. The van der Waals surface area contributed by atoms with E-state index in [0.29, 0.717) is 6.10 Å². The zero-order valence-corrected chi connectivity index (χ0v) is 9.30. The normalized spacial score (nSPS) is 15.8. The van der Waals surface area contributed by atoms with Gasteiger partial charge in [-0.05, 0) is 43.0 Å². The molecule has 1 aliphatic rings. The maximum atomic E-state index is 5.70. The Hall–Kier alpha value is -0.500. The van der Waals surface area contributed by atoms with E-state index in [0.717, 1.165) is 12.2 Å². The van der Waals surface area contributed by atoms with Gasteiger partial charge in [-0.15, -0.1) is 0 Å². The molecule has 0 spiro atoms. The molecule has 0 unspecified atom stereocenters. The second-order valence-corrected chi connectivity index (χ2v) is 4.28. The summed E-state index contributed by atoms with van der Waals surface area (Å²) < 4.78 is 6.88. The van der Waals surface area contributed by atoms with Crippen LogP contribution in [0, 0.1) is 0 Å². The highest BCUT2D eigenvalue weighted by molar-refractivity contribution is 9.10. The van der Waals surface area contributed by atoms with Crippen LogP contribution >= 0.6 is 15.9 Å².